The van der Waals surface area contributed by atoms with E-state index in [9.17, 15) is 5.11 Å². The first kappa shape index (κ1) is 10.7. The van der Waals surface area contributed by atoms with E-state index in [1.54, 1.807) is 12.5 Å². The summed E-state index contributed by atoms with van der Waals surface area (Å²) in [4.78, 5) is 4.04. The molecule has 1 fully saturated rings. The number of aromatic nitrogens is 2. The van der Waals surface area contributed by atoms with Crippen LogP contribution >= 0.6 is 0 Å². The molecule has 0 spiro atoms. The van der Waals surface area contributed by atoms with Crippen molar-refractivity contribution in [2.75, 3.05) is 0 Å². The zero-order chi connectivity index (χ0) is 10.7. The molecule has 1 N–H and O–H groups in total. The van der Waals surface area contributed by atoms with Crippen molar-refractivity contribution < 1.29 is 5.11 Å². The first-order chi connectivity index (χ1) is 7.27. The second-order valence-corrected chi connectivity index (χ2v) is 4.68. The van der Waals surface area contributed by atoms with E-state index >= 15 is 0 Å². The molecule has 3 heteroatoms. The maximum Gasteiger partial charge on any atom is 0.0958 e. The molecule has 1 heterocycles. The summed E-state index contributed by atoms with van der Waals surface area (Å²) in [6.07, 6.45) is 10.7. The Morgan fingerprint density at radius 3 is 2.80 bits per heavy atom. The van der Waals surface area contributed by atoms with Gasteiger partial charge in [-0.25, -0.2) is 4.98 Å². The first-order valence-corrected chi connectivity index (χ1v) is 5.91. The Kier molecular flexibility index (Phi) is 3.41. The van der Waals surface area contributed by atoms with Gasteiger partial charge in [0.05, 0.1) is 24.3 Å². The molecule has 3 nitrogen and oxygen atoms in total. The highest BCUT2D eigenvalue weighted by Gasteiger charge is 2.19. The Labute approximate surface area is 91.1 Å². The van der Waals surface area contributed by atoms with Crippen LogP contribution in [0.25, 0.3) is 0 Å². The van der Waals surface area contributed by atoms with Crippen LogP contribution in [-0.4, -0.2) is 14.7 Å². The van der Waals surface area contributed by atoms with Crippen molar-refractivity contribution in [1.82, 2.24) is 9.55 Å². The SMILES string of the molecule is Cn1cncc1C(O)CC1CCCCC1. The molecule has 1 aromatic heterocycles. The molecule has 0 radical (unpaired) electrons. The van der Waals surface area contributed by atoms with E-state index in [0.717, 1.165) is 12.1 Å². The number of aliphatic hydroxyl groups is 1. The van der Waals surface area contributed by atoms with Gasteiger partial charge < -0.3 is 9.67 Å². The van der Waals surface area contributed by atoms with Crippen LogP contribution in [0.15, 0.2) is 12.5 Å². The van der Waals surface area contributed by atoms with Crippen LogP contribution in [0.4, 0.5) is 0 Å². The summed E-state index contributed by atoms with van der Waals surface area (Å²) in [5, 5.41) is 10.1. The van der Waals surface area contributed by atoms with Crippen LogP contribution < -0.4 is 0 Å². The molecule has 1 aliphatic carbocycles. The predicted octanol–water partition coefficient (Wildman–Crippen LogP) is 2.42. The fraction of sp³-hybridized carbons (Fsp3) is 0.750. The van der Waals surface area contributed by atoms with Crippen molar-refractivity contribution >= 4 is 0 Å². The van der Waals surface area contributed by atoms with Gasteiger partial charge in [0.25, 0.3) is 0 Å². The first-order valence-electron chi connectivity index (χ1n) is 5.91. The lowest BCUT2D eigenvalue weighted by molar-refractivity contribution is 0.125. The van der Waals surface area contributed by atoms with Crippen LogP contribution in [0.3, 0.4) is 0 Å². The lowest BCUT2D eigenvalue weighted by Crippen LogP contribution is -2.12. The number of rotatable bonds is 3. The Morgan fingerprint density at radius 2 is 2.20 bits per heavy atom. The Bertz CT molecular complexity index is 302. The van der Waals surface area contributed by atoms with Crippen molar-refractivity contribution in [3.8, 4) is 0 Å². The smallest absolute Gasteiger partial charge is 0.0958 e. The van der Waals surface area contributed by atoms with Crippen LogP contribution in [0, 0.1) is 5.92 Å². The summed E-state index contributed by atoms with van der Waals surface area (Å²) in [6, 6.07) is 0. The highest BCUT2D eigenvalue weighted by Crippen LogP contribution is 2.31. The Hall–Kier alpha value is -0.830. The fourth-order valence-electron chi connectivity index (χ4n) is 2.55. The molecule has 1 unspecified atom stereocenters. The van der Waals surface area contributed by atoms with Crippen molar-refractivity contribution in [1.29, 1.82) is 0 Å². The highest BCUT2D eigenvalue weighted by atomic mass is 16.3. The number of nitrogens with zero attached hydrogens (tertiary/aromatic N) is 2. The summed E-state index contributed by atoms with van der Waals surface area (Å²) in [5.74, 6) is 0.712. The van der Waals surface area contributed by atoms with Crippen LogP contribution in [-0.2, 0) is 7.05 Å². The molecular weight excluding hydrogens is 188 g/mol. The normalized spacial score (nSPS) is 20.4. The molecule has 1 saturated carbocycles. The number of hydrogen-bond acceptors (Lipinski definition) is 2. The topological polar surface area (TPSA) is 38.0 Å². The minimum atomic E-state index is -0.333. The van der Waals surface area contributed by atoms with Gasteiger partial charge in [0.2, 0.25) is 0 Å². The monoisotopic (exact) mass is 208 g/mol. The highest BCUT2D eigenvalue weighted by molar-refractivity contribution is 5.02. The number of aliphatic hydroxyl groups excluding tert-OH is 1. The molecule has 15 heavy (non-hydrogen) atoms. The van der Waals surface area contributed by atoms with Crippen LogP contribution in [0.2, 0.25) is 0 Å². The average Bonchev–Trinajstić information content (AvgIpc) is 2.66. The van der Waals surface area contributed by atoms with Gasteiger partial charge in [-0.05, 0) is 12.3 Å². The summed E-state index contributed by atoms with van der Waals surface area (Å²) in [6.45, 7) is 0. The quantitative estimate of drug-likeness (QED) is 0.828. The summed E-state index contributed by atoms with van der Waals surface area (Å²) in [5.41, 5.74) is 0.945. The molecule has 0 saturated heterocycles. The maximum atomic E-state index is 10.1. The van der Waals surface area contributed by atoms with Crippen molar-refractivity contribution in [2.24, 2.45) is 13.0 Å². The average molecular weight is 208 g/mol. The van der Waals surface area contributed by atoms with Gasteiger partial charge >= 0.3 is 0 Å². The van der Waals surface area contributed by atoms with Gasteiger partial charge in [-0.3, -0.25) is 0 Å². The van der Waals surface area contributed by atoms with Crippen molar-refractivity contribution in [3.63, 3.8) is 0 Å². The van der Waals surface area contributed by atoms with Gasteiger partial charge in [-0.15, -0.1) is 0 Å². The standard InChI is InChI=1S/C12H20N2O/c1-14-9-13-8-11(14)12(15)7-10-5-3-2-4-6-10/h8-10,12,15H,2-7H2,1H3. The third kappa shape index (κ3) is 2.59. The molecule has 0 bridgehead atoms. The van der Waals surface area contributed by atoms with Gasteiger partial charge in [0, 0.05) is 7.05 Å². The van der Waals surface area contributed by atoms with Gasteiger partial charge in [0.1, 0.15) is 0 Å². The molecular formula is C12H20N2O. The van der Waals surface area contributed by atoms with Gasteiger partial charge in [-0.2, -0.15) is 0 Å². The molecule has 2 rings (SSSR count). The van der Waals surface area contributed by atoms with E-state index in [1.165, 1.54) is 32.1 Å². The van der Waals surface area contributed by atoms with Crippen molar-refractivity contribution in [3.05, 3.63) is 18.2 Å². The van der Waals surface area contributed by atoms with E-state index in [0.29, 0.717) is 5.92 Å². The molecule has 1 atom stereocenters. The summed E-state index contributed by atoms with van der Waals surface area (Å²) >= 11 is 0. The maximum absolute atomic E-state index is 10.1. The van der Waals surface area contributed by atoms with Crippen molar-refractivity contribution in [2.45, 2.75) is 44.6 Å². The zero-order valence-corrected chi connectivity index (χ0v) is 9.39. The number of hydrogen-bond donors (Lipinski definition) is 1. The molecule has 0 aromatic carbocycles. The minimum Gasteiger partial charge on any atom is -0.387 e. The van der Waals surface area contributed by atoms with E-state index in [-0.39, 0.29) is 6.10 Å². The number of imidazole rings is 1. The second-order valence-electron chi connectivity index (χ2n) is 4.68. The molecule has 84 valence electrons. The molecule has 1 aliphatic rings. The third-order valence-electron chi connectivity index (χ3n) is 3.48. The Balaban J connectivity index is 1.91. The van der Waals surface area contributed by atoms with Gasteiger partial charge in [0.15, 0.2) is 0 Å². The second kappa shape index (κ2) is 4.79. The van der Waals surface area contributed by atoms with E-state index in [1.807, 2.05) is 11.6 Å². The zero-order valence-electron chi connectivity index (χ0n) is 9.39. The minimum absolute atomic E-state index is 0.333. The largest absolute Gasteiger partial charge is 0.387 e. The molecule has 0 aliphatic heterocycles. The molecule has 1 aromatic rings. The van der Waals surface area contributed by atoms with Crippen LogP contribution in [0.5, 0.6) is 0 Å². The predicted molar refractivity (Wildman–Crippen MR) is 59.4 cm³/mol. The van der Waals surface area contributed by atoms with Crippen LogP contribution in [0.1, 0.15) is 50.3 Å². The van der Waals surface area contributed by atoms with Gasteiger partial charge in [-0.1, -0.05) is 32.1 Å². The number of aryl methyl sites for hydroxylation is 1. The van der Waals surface area contributed by atoms with E-state index in [2.05, 4.69) is 4.98 Å². The van der Waals surface area contributed by atoms with E-state index < -0.39 is 0 Å². The van der Waals surface area contributed by atoms with E-state index in [4.69, 9.17) is 0 Å². The molecule has 0 amide bonds. The fourth-order valence-corrected chi connectivity index (χ4v) is 2.55. The lowest BCUT2D eigenvalue weighted by atomic mass is 9.85. The lowest BCUT2D eigenvalue weighted by Gasteiger charge is -2.24. The third-order valence-corrected chi connectivity index (χ3v) is 3.48. The summed E-state index contributed by atoms with van der Waals surface area (Å²) in [7, 11) is 1.94. The summed E-state index contributed by atoms with van der Waals surface area (Å²) < 4.78 is 1.91. The Morgan fingerprint density at radius 1 is 1.47 bits per heavy atom.